The molecule has 1 aliphatic rings. The number of aliphatic hydroxyl groups is 2. The van der Waals surface area contributed by atoms with E-state index in [4.69, 9.17) is 5.11 Å². The van der Waals surface area contributed by atoms with Gasteiger partial charge in [-0.05, 0) is 17.7 Å². The van der Waals surface area contributed by atoms with Gasteiger partial charge in [0.05, 0.1) is 12.7 Å². The first-order chi connectivity index (χ1) is 6.81. The smallest absolute Gasteiger partial charge is 0.0756 e. The molecule has 75 valence electrons. The molecular weight excluding hydrogens is 178 g/mol. The number of hydrogen-bond acceptors (Lipinski definition) is 3. The summed E-state index contributed by atoms with van der Waals surface area (Å²) in [7, 11) is 0. The van der Waals surface area contributed by atoms with Gasteiger partial charge in [0.15, 0.2) is 0 Å². The molecule has 14 heavy (non-hydrogen) atoms. The number of anilines is 1. The van der Waals surface area contributed by atoms with Gasteiger partial charge >= 0.3 is 0 Å². The average molecular weight is 192 g/mol. The van der Waals surface area contributed by atoms with E-state index in [0.717, 1.165) is 11.3 Å². The summed E-state index contributed by atoms with van der Waals surface area (Å²) in [5.41, 5.74) is 2.13. The van der Waals surface area contributed by atoms with Gasteiger partial charge in [-0.1, -0.05) is 12.1 Å². The number of benzene rings is 1. The molecule has 1 aromatic rings. The van der Waals surface area contributed by atoms with Gasteiger partial charge in [-0.3, -0.25) is 0 Å². The molecule has 1 unspecified atom stereocenters. The molecule has 1 aromatic carbocycles. The predicted octanol–water partition coefficient (Wildman–Crippen LogP) is 0.202. The second-order valence-corrected chi connectivity index (χ2v) is 3.56. The maximum absolute atomic E-state index is 9.61. The molecule has 3 heteroatoms. The first kappa shape index (κ1) is 9.49. The molecule has 0 saturated carbocycles. The average Bonchev–Trinajstić information content (AvgIpc) is 2.18. The van der Waals surface area contributed by atoms with Crippen LogP contribution < -0.4 is 4.90 Å². The third-order valence-electron chi connectivity index (χ3n) is 2.50. The number of hydrogen-bond donors (Lipinski definition) is 2. The Bertz CT molecular complexity index is 314. The van der Waals surface area contributed by atoms with E-state index in [2.05, 4.69) is 6.07 Å². The van der Waals surface area contributed by atoms with Crippen molar-refractivity contribution in [3.8, 4) is 0 Å². The summed E-state index contributed by atoms with van der Waals surface area (Å²) < 4.78 is 0. The Morgan fingerprint density at radius 1 is 1.57 bits per heavy atom. The highest BCUT2D eigenvalue weighted by Crippen LogP contribution is 2.25. The van der Waals surface area contributed by atoms with E-state index in [1.165, 1.54) is 0 Å². The van der Waals surface area contributed by atoms with Gasteiger partial charge < -0.3 is 15.1 Å². The Morgan fingerprint density at radius 2 is 2.43 bits per heavy atom. The highest BCUT2D eigenvalue weighted by molar-refractivity contribution is 5.55. The van der Waals surface area contributed by atoms with Crippen LogP contribution in [0, 0.1) is 6.07 Å². The minimum absolute atomic E-state index is 0.112. The van der Waals surface area contributed by atoms with Gasteiger partial charge in [-0.25, -0.2) is 0 Å². The SMILES string of the molecule is OCCN1CC(O)Cc2[c]cccc21. The third-order valence-corrected chi connectivity index (χ3v) is 2.50. The summed E-state index contributed by atoms with van der Waals surface area (Å²) in [6, 6.07) is 8.92. The largest absolute Gasteiger partial charge is 0.395 e. The lowest BCUT2D eigenvalue weighted by Gasteiger charge is -2.33. The highest BCUT2D eigenvalue weighted by Gasteiger charge is 2.21. The van der Waals surface area contributed by atoms with E-state index >= 15 is 0 Å². The van der Waals surface area contributed by atoms with Crippen LogP contribution in [0.25, 0.3) is 0 Å². The molecule has 2 N–H and O–H groups in total. The van der Waals surface area contributed by atoms with Gasteiger partial charge in [0, 0.05) is 25.2 Å². The lowest BCUT2D eigenvalue weighted by atomic mass is 10.00. The normalized spacial score (nSPS) is 20.7. The van der Waals surface area contributed by atoms with Crippen LogP contribution in [0.1, 0.15) is 5.56 Å². The Kier molecular flexibility index (Phi) is 2.70. The summed E-state index contributed by atoms with van der Waals surface area (Å²) >= 11 is 0. The molecule has 1 aliphatic heterocycles. The molecule has 1 atom stereocenters. The van der Waals surface area contributed by atoms with Crippen LogP contribution in [0.15, 0.2) is 18.2 Å². The first-order valence-electron chi connectivity index (χ1n) is 4.84. The second-order valence-electron chi connectivity index (χ2n) is 3.56. The lowest BCUT2D eigenvalue weighted by molar-refractivity contribution is 0.172. The van der Waals surface area contributed by atoms with Gasteiger partial charge in [0.1, 0.15) is 0 Å². The van der Waals surface area contributed by atoms with Crippen LogP contribution in [0.2, 0.25) is 0 Å². The van der Waals surface area contributed by atoms with E-state index in [1.807, 2.05) is 23.1 Å². The topological polar surface area (TPSA) is 43.7 Å². The molecule has 0 saturated heterocycles. The van der Waals surface area contributed by atoms with Crippen molar-refractivity contribution in [1.82, 2.24) is 0 Å². The molecular formula is C11H14NO2. The molecule has 3 nitrogen and oxygen atoms in total. The van der Waals surface area contributed by atoms with Crippen LogP contribution in [-0.2, 0) is 6.42 Å². The fourth-order valence-corrected chi connectivity index (χ4v) is 1.91. The minimum atomic E-state index is -0.340. The van der Waals surface area contributed by atoms with Crippen LogP contribution in [0.3, 0.4) is 0 Å². The summed E-state index contributed by atoms with van der Waals surface area (Å²) in [6.45, 7) is 1.29. The monoisotopic (exact) mass is 192 g/mol. The van der Waals surface area contributed by atoms with Crippen molar-refractivity contribution < 1.29 is 10.2 Å². The van der Waals surface area contributed by atoms with Crippen molar-refractivity contribution in [2.45, 2.75) is 12.5 Å². The fourth-order valence-electron chi connectivity index (χ4n) is 1.91. The zero-order valence-corrected chi connectivity index (χ0v) is 7.98. The Balaban J connectivity index is 2.28. The maximum atomic E-state index is 9.61. The van der Waals surface area contributed by atoms with Crippen LogP contribution >= 0.6 is 0 Å². The standard InChI is InChI=1S/C11H14NO2/c13-6-5-12-8-10(14)7-9-3-1-2-4-11(9)12/h1-2,4,10,13-14H,5-8H2. The quantitative estimate of drug-likeness (QED) is 0.703. The number of β-amino-alcohol motifs (C(OH)–C–C–N with tert-alkyl or cyclic N) is 2. The maximum Gasteiger partial charge on any atom is 0.0756 e. The summed E-state index contributed by atoms with van der Waals surface area (Å²) in [4.78, 5) is 2.00. The number of fused-ring (bicyclic) bond motifs is 1. The molecule has 1 radical (unpaired) electrons. The van der Waals surface area contributed by atoms with E-state index in [1.54, 1.807) is 0 Å². The van der Waals surface area contributed by atoms with Crippen molar-refractivity contribution >= 4 is 5.69 Å². The fraction of sp³-hybridized carbons (Fsp3) is 0.455. The Morgan fingerprint density at radius 3 is 3.21 bits per heavy atom. The van der Waals surface area contributed by atoms with Crippen LogP contribution in [0.4, 0.5) is 5.69 Å². The molecule has 0 fully saturated rings. The Hall–Kier alpha value is -1.06. The van der Waals surface area contributed by atoms with Crippen molar-refractivity contribution in [3.63, 3.8) is 0 Å². The molecule has 0 aromatic heterocycles. The van der Waals surface area contributed by atoms with Crippen molar-refractivity contribution in [2.75, 3.05) is 24.6 Å². The van der Waals surface area contributed by atoms with Crippen LogP contribution in [0.5, 0.6) is 0 Å². The van der Waals surface area contributed by atoms with Gasteiger partial charge in [-0.15, -0.1) is 0 Å². The minimum Gasteiger partial charge on any atom is -0.395 e. The van der Waals surface area contributed by atoms with Gasteiger partial charge in [0.2, 0.25) is 0 Å². The molecule has 0 aliphatic carbocycles. The summed E-state index contributed by atoms with van der Waals surface area (Å²) in [6.07, 6.45) is 0.325. The van der Waals surface area contributed by atoms with Crippen molar-refractivity contribution in [2.24, 2.45) is 0 Å². The molecule has 0 bridgehead atoms. The predicted molar refractivity (Wildman–Crippen MR) is 54.3 cm³/mol. The Labute approximate surface area is 83.6 Å². The molecule has 1 heterocycles. The van der Waals surface area contributed by atoms with E-state index in [0.29, 0.717) is 19.5 Å². The molecule has 0 amide bonds. The van der Waals surface area contributed by atoms with E-state index in [-0.39, 0.29) is 12.7 Å². The zero-order chi connectivity index (χ0) is 9.97. The van der Waals surface area contributed by atoms with Crippen LogP contribution in [-0.4, -0.2) is 36.0 Å². The van der Waals surface area contributed by atoms with Crippen molar-refractivity contribution in [1.29, 1.82) is 0 Å². The zero-order valence-electron chi connectivity index (χ0n) is 7.98. The highest BCUT2D eigenvalue weighted by atomic mass is 16.3. The first-order valence-corrected chi connectivity index (χ1v) is 4.84. The third kappa shape index (κ3) is 1.74. The number of aliphatic hydroxyl groups excluding tert-OH is 2. The summed E-state index contributed by atoms with van der Waals surface area (Å²) in [5.74, 6) is 0. The van der Waals surface area contributed by atoms with Crippen molar-refractivity contribution in [3.05, 3.63) is 29.8 Å². The van der Waals surface area contributed by atoms with E-state index in [9.17, 15) is 5.11 Å². The molecule has 0 spiro atoms. The number of rotatable bonds is 2. The second kappa shape index (κ2) is 3.98. The van der Waals surface area contributed by atoms with Gasteiger partial charge in [-0.2, -0.15) is 0 Å². The molecule has 2 rings (SSSR count). The lowest BCUT2D eigenvalue weighted by Crippen LogP contribution is -2.40. The van der Waals surface area contributed by atoms with Gasteiger partial charge in [0.25, 0.3) is 0 Å². The van der Waals surface area contributed by atoms with E-state index < -0.39 is 0 Å². The summed E-state index contributed by atoms with van der Waals surface area (Å²) in [5, 5.41) is 18.5. The number of nitrogens with zero attached hydrogens (tertiary/aromatic N) is 1.